The number of carbonyl (C=O) groups is 1. The summed E-state index contributed by atoms with van der Waals surface area (Å²) in [5, 5.41) is 6.32. The Labute approximate surface area is 160 Å². The van der Waals surface area contributed by atoms with Crippen molar-refractivity contribution in [3.63, 3.8) is 0 Å². The van der Waals surface area contributed by atoms with Crippen LogP contribution in [0.5, 0.6) is 0 Å². The Morgan fingerprint density at radius 1 is 1.04 bits per heavy atom. The molecule has 0 spiro atoms. The number of benzene rings is 2. The Morgan fingerprint density at radius 2 is 1.89 bits per heavy atom. The Morgan fingerprint density at radius 3 is 2.59 bits per heavy atom. The van der Waals surface area contributed by atoms with Gasteiger partial charge in [-0.1, -0.05) is 23.7 Å². The molecule has 2 N–H and O–H groups in total. The van der Waals surface area contributed by atoms with E-state index >= 15 is 0 Å². The molecule has 1 aromatic heterocycles. The monoisotopic (exact) mass is 387 g/mol. The van der Waals surface area contributed by atoms with Gasteiger partial charge in [0.2, 0.25) is 0 Å². The molecule has 0 saturated heterocycles. The summed E-state index contributed by atoms with van der Waals surface area (Å²) in [6.45, 7) is 0.466. The molecule has 0 atom stereocenters. The molecule has 138 valence electrons. The van der Waals surface area contributed by atoms with Gasteiger partial charge in [-0.05, 0) is 48.4 Å². The number of aromatic nitrogens is 1. The lowest BCUT2D eigenvalue weighted by Crippen LogP contribution is -2.25. The van der Waals surface area contributed by atoms with Gasteiger partial charge in [-0.3, -0.25) is 4.79 Å². The van der Waals surface area contributed by atoms with E-state index in [9.17, 15) is 13.6 Å². The van der Waals surface area contributed by atoms with Gasteiger partial charge in [-0.15, -0.1) is 0 Å². The maximum atomic E-state index is 13.2. The average Bonchev–Trinajstić information content (AvgIpc) is 2.65. The first-order chi connectivity index (χ1) is 13.0. The highest BCUT2D eigenvalue weighted by Crippen LogP contribution is 2.17. The summed E-state index contributed by atoms with van der Waals surface area (Å²) in [7, 11) is 0. The van der Waals surface area contributed by atoms with Crippen LogP contribution in [0.1, 0.15) is 15.9 Å². The molecule has 4 nitrogen and oxygen atoms in total. The number of nitrogens with one attached hydrogen (secondary N) is 2. The fraction of sp³-hybridized carbons (Fsp3) is 0.100. The second-order valence-corrected chi connectivity index (χ2v) is 6.26. The lowest BCUT2D eigenvalue weighted by molar-refractivity contribution is 0.0954. The van der Waals surface area contributed by atoms with Gasteiger partial charge in [0.05, 0.1) is 5.56 Å². The Bertz CT molecular complexity index is 948. The summed E-state index contributed by atoms with van der Waals surface area (Å²) in [5.74, 6) is -1.70. The van der Waals surface area contributed by atoms with E-state index < -0.39 is 11.6 Å². The van der Waals surface area contributed by atoms with Gasteiger partial charge in [0, 0.05) is 29.5 Å². The highest BCUT2D eigenvalue weighted by Gasteiger charge is 2.07. The molecule has 0 radical (unpaired) electrons. The second-order valence-electron chi connectivity index (χ2n) is 5.82. The normalized spacial score (nSPS) is 10.5. The molecule has 27 heavy (non-hydrogen) atoms. The van der Waals surface area contributed by atoms with E-state index in [0.717, 1.165) is 17.7 Å². The molecule has 3 rings (SSSR count). The first kappa shape index (κ1) is 18.8. The minimum Gasteiger partial charge on any atom is -0.352 e. The molecule has 0 unspecified atom stereocenters. The lowest BCUT2D eigenvalue weighted by Gasteiger charge is -2.08. The number of rotatable bonds is 6. The van der Waals surface area contributed by atoms with Gasteiger partial charge in [0.25, 0.3) is 5.91 Å². The van der Waals surface area contributed by atoms with Crippen molar-refractivity contribution in [1.82, 2.24) is 10.3 Å². The predicted octanol–water partition coefficient (Wildman–Crippen LogP) is 4.73. The summed E-state index contributed by atoms with van der Waals surface area (Å²) in [4.78, 5) is 16.3. The van der Waals surface area contributed by atoms with Crippen molar-refractivity contribution in [1.29, 1.82) is 0 Å². The molecule has 1 amide bonds. The number of amides is 1. The first-order valence-electron chi connectivity index (χ1n) is 8.22. The maximum Gasteiger partial charge on any atom is 0.252 e. The summed E-state index contributed by atoms with van der Waals surface area (Å²) < 4.78 is 26.2. The van der Waals surface area contributed by atoms with Crippen molar-refractivity contribution in [2.75, 3.05) is 11.9 Å². The zero-order valence-corrected chi connectivity index (χ0v) is 14.9. The van der Waals surface area contributed by atoms with Crippen LogP contribution in [0.3, 0.4) is 0 Å². The molecule has 0 bridgehead atoms. The zero-order chi connectivity index (χ0) is 19.2. The van der Waals surface area contributed by atoms with Crippen molar-refractivity contribution in [2.24, 2.45) is 0 Å². The third-order valence-electron chi connectivity index (χ3n) is 3.81. The molecule has 0 aliphatic heterocycles. The number of hydrogen-bond donors (Lipinski definition) is 2. The lowest BCUT2D eigenvalue weighted by atomic mass is 10.1. The van der Waals surface area contributed by atoms with Crippen LogP contribution in [-0.4, -0.2) is 17.4 Å². The zero-order valence-electron chi connectivity index (χ0n) is 14.2. The molecule has 0 fully saturated rings. The molecule has 7 heteroatoms. The molecule has 0 aliphatic carbocycles. The van der Waals surface area contributed by atoms with E-state index in [4.69, 9.17) is 11.6 Å². The van der Waals surface area contributed by atoms with Crippen molar-refractivity contribution in [2.45, 2.75) is 6.42 Å². The van der Waals surface area contributed by atoms with Crippen molar-refractivity contribution in [3.05, 3.63) is 88.6 Å². The van der Waals surface area contributed by atoms with Crippen LogP contribution in [0.15, 0.2) is 60.8 Å². The Hall–Kier alpha value is -2.99. The van der Waals surface area contributed by atoms with E-state index in [1.165, 1.54) is 12.3 Å². The smallest absolute Gasteiger partial charge is 0.252 e. The fourth-order valence-corrected chi connectivity index (χ4v) is 2.65. The summed E-state index contributed by atoms with van der Waals surface area (Å²) in [6, 6.07) is 14.1. The highest BCUT2D eigenvalue weighted by atomic mass is 35.5. The number of carbonyl (C=O) groups excluding carboxylic acids is 1. The van der Waals surface area contributed by atoms with Gasteiger partial charge in [-0.2, -0.15) is 0 Å². The highest BCUT2D eigenvalue weighted by molar-refractivity contribution is 6.30. The van der Waals surface area contributed by atoms with Crippen LogP contribution in [0, 0.1) is 11.6 Å². The van der Waals surface area contributed by atoms with E-state index in [-0.39, 0.29) is 5.91 Å². The number of nitrogens with zero attached hydrogens (tertiary/aromatic N) is 1. The van der Waals surface area contributed by atoms with Crippen molar-refractivity contribution < 1.29 is 13.6 Å². The summed E-state index contributed by atoms with van der Waals surface area (Å²) in [5.41, 5.74) is 1.80. The molecule has 0 saturated carbocycles. The van der Waals surface area contributed by atoms with Crippen molar-refractivity contribution in [3.8, 4) is 0 Å². The average molecular weight is 388 g/mol. The third kappa shape index (κ3) is 5.24. The summed E-state index contributed by atoms with van der Waals surface area (Å²) in [6.07, 6.45) is 2.08. The van der Waals surface area contributed by atoms with Gasteiger partial charge in [-0.25, -0.2) is 13.8 Å². The van der Waals surface area contributed by atoms with Crippen LogP contribution in [-0.2, 0) is 6.42 Å². The fourth-order valence-electron chi connectivity index (χ4n) is 2.44. The quantitative estimate of drug-likeness (QED) is 0.643. The van der Waals surface area contributed by atoms with Gasteiger partial charge >= 0.3 is 0 Å². The number of hydrogen-bond acceptors (Lipinski definition) is 3. The van der Waals surface area contributed by atoms with Crippen LogP contribution in [0.4, 0.5) is 20.3 Å². The molecule has 3 aromatic rings. The topological polar surface area (TPSA) is 54.0 Å². The van der Waals surface area contributed by atoms with E-state index in [2.05, 4.69) is 15.6 Å². The maximum absolute atomic E-state index is 13.2. The minimum atomic E-state index is -0.948. The second kappa shape index (κ2) is 8.60. The van der Waals surface area contributed by atoms with Crippen molar-refractivity contribution >= 4 is 29.0 Å². The Balaban J connectivity index is 1.54. The molecule has 1 heterocycles. The van der Waals surface area contributed by atoms with Gasteiger partial charge in [0.1, 0.15) is 5.82 Å². The van der Waals surface area contributed by atoms with E-state index in [0.29, 0.717) is 35.1 Å². The SMILES string of the molecule is O=C(NCCc1cccc(Cl)c1)c1ccc(Nc2ccc(F)c(F)c2)nc1. The molecule has 2 aromatic carbocycles. The van der Waals surface area contributed by atoms with E-state index in [1.54, 1.807) is 18.2 Å². The largest absolute Gasteiger partial charge is 0.352 e. The Kier molecular flexibility index (Phi) is 5.98. The number of halogens is 3. The van der Waals surface area contributed by atoms with Crippen LogP contribution >= 0.6 is 11.6 Å². The van der Waals surface area contributed by atoms with Gasteiger partial charge in [0.15, 0.2) is 11.6 Å². The van der Waals surface area contributed by atoms with E-state index in [1.807, 2.05) is 18.2 Å². The third-order valence-corrected chi connectivity index (χ3v) is 4.04. The molecule has 0 aliphatic rings. The number of pyridine rings is 1. The summed E-state index contributed by atoms with van der Waals surface area (Å²) >= 11 is 5.93. The van der Waals surface area contributed by atoms with Crippen LogP contribution < -0.4 is 10.6 Å². The first-order valence-corrected chi connectivity index (χ1v) is 8.60. The molecular weight excluding hydrogens is 372 g/mol. The van der Waals surface area contributed by atoms with Crippen LogP contribution in [0.2, 0.25) is 5.02 Å². The number of anilines is 2. The standard InChI is InChI=1S/C20H16ClF2N3O/c21-15-3-1-2-13(10-15)8-9-24-20(27)14-4-7-19(25-12-14)26-16-5-6-17(22)18(23)11-16/h1-7,10-12H,8-9H2,(H,24,27)(H,25,26). The van der Waals surface area contributed by atoms with Gasteiger partial charge < -0.3 is 10.6 Å². The van der Waals surface area contributed by atoms with Crippen LogP contribution in [0.25, 0.3) is 0 Å². The predicted molar refractivity (Wildman–Crippen MR) is 101 cm³/mol. The minimum absolute atomic E-state index is 0.246. The molecular formula is C20H16ClF2N3O.